The van der Waals surface area contributed by atoms with Crippen molar-refractivity contribution in [2.24, 2.45) is 0 Å². The SMILES string of the molecule is Cc1cc(Oc2ccc(C#N)cc2)nc(-n2nc(C)cc2C)n1. The Labute approximate surface area is 134 Å². The van der Waals surface area contributed by atoms with E-state index in [2.05, 4.69) is 21.1 Å². The minimum Gasteiger partial charge on any atom is -0.439 e. The van der Waals surface area contributed by atoms with Gasteiger partial charge in [0.05, 0.1) is 17.3 Å². The van der Waals surface area contributed by atoms with E-state index in [-0.39, 0.29) is 0 Å². The van der Waals surface area contributed by atoms with Crippen LogP contribution in [0.3, 0.4) is 0 Å². The van der Waals surface area contributed by atoms with Crippen LogP contribution in [0.5, 0.6) is 11.6 Å². The number of rotatable bonds is 3. The van der Waals surface area contributed by atoms with Crippen LogP contribution in [0.25, 0.3) is 5.95 Å². The second kappa shape index (κ2) is 5.89. The fraction of sp³-hybridized carbons (Fsp3) is 0.176. The van der Waals surface area contributed by atoms with Gasteiger partial charge >= 0.3 is 0 Å². The summed E-state index contributed by atoms with van der Waals surface area (Å²) in [7, 11) is 0. The highest BCUT2D eigenvalue weighted by Gasteiger charge is 2.10. The third-order valence-corrected chi connectivity index (χ3v) is 3.22. The maximum absolute atomic E-state index is 8.82. The van der Waals surface area contributed by atoms with Crippen LogP contribution < -0.4 is 4.74 Å². The summed E-state index contributed by atoms with van der Waals surface area (Å²) in [6.45, 7) is 5.75. The van der Waals surface area contributed by atoms with Crippen molar-refractivity contribution in [1.82, 2.24) is 19.7 Å². The Balaban J connectivity index is 1.94. The lowest BCUT2D eigenvalue weighted by molar-refractivity contribution is 0.458. The van der Waals surface area contributed by atoms with Crippen LogP contribution in [0, 0.1) is 32.1 Å². The Kier molecular flexibility index (Phi) is 3.77. The van der Waals surface area contributed by atoms with Crippen LogP contribution in [-0.2, 0) is 0 Å². The van der Waals surface area contributed by atoms with Gasteiger partial charge in [0.25, 0.3) is 5.95 Å². The van der Waals surface area contributed by atoms with E-state index in [1.165, 1.54) is 0 Å². The van der Waals surface area contributed by atoms with Gasteiger partial charge in [-0.15, -0.1) is 0 Å². The Morgan fingerprint density at radius 1 is 1.00 bits per heavy atom. The number of hydrogen-bond donors (Lipinski definition) is 0. The molecule has 0 aliphatic heterocycles. The zero-order valence-corrected chi connectivity index (χ0v) is 13.1. The standard InChI is InChI=1S/C17H15N5O/c1-11-9-16(23-15-6-4-14(10-18)5-7-15)20-17(19-11)22-13(3)8-12(2)21-22/h4-9H,1-3H3. The Morgan fingerprint density at radius 3 is 2.35 bits per heavy atom. The second-order valence-corrected chi connectivity index (χ2v) is 5.22. The highest BCUT2D eigenvalue weighted by Crippen LogP contribution is 2.21. The molecular formula is C17H15N5O. The van der Waals surface area contributed by atoms with Gasteiger partial charge in [0.2, 0.25) is 5.88 Å². The summed E-state index contributed by atoms with van der Waals surface area (Å²) in [5, 5.41) is 13.2. The molecule has 0 aliphatic carbocycles. The molecule has 0 bridgehead atoms. The van der Waals surface area contributed by atoms with E-state index >= 15 is 0 Å². The topological polar surface area (TPSA) is 76.6 Å². The van der Waals surface area contributed by atoms with Gasteiger partial charge in [-0.2, -0.15) is 15.3 Å². The van der Waals surface area contributed by atoms with Gasteiger partial charge < -0.3 is 4.74 Å². The van der Waals surface area contributed by atoms with Crippen molar-refractivity contribution in [3.8, 4) is 23.6 Å². The molecule has 0 amide bonds. The molecule has 0 aliphatic rings. The third kappa shape index (κ3) is 3.19. The summed E-state index contributed by atoms with van der Waals surface area (Å²) in [4.78, 5) is 8.83. The predicted octanol–water partition coefficient (Wildman–Crippen LogP) is 3.25. The van der Waals surface area contributed by atoms with E-state index in [0.717, 1.165) is 17.1 Å². The van der Waals surface area contributed by atoms with Crippen LogP contribution in [0.1, 0.15) is 22.6 Å². The first-order valence-electron chi connectivity index (χ1n) is 7.12. The number of benzene rings is 1. The molecule has 114 valence electrons. The number of ether oxygens (including phenoxy) is 1. The van der Waals surface area contributed by atoms with E-state index in [4.69, 9.17) is 10.00 Å². The minimum absolute atomic E-state index is 0.435. The van der Waals surface area contributed by atoms with Gasteiger partial charge in [0, 0.05) is 17.5 Å². The molecule has 0 saturated heterocycles. The number of aromatic nitrogens is 4. The number of nitriles is 1. The molecule has 2 heterocycles. The van der Waals surface area contributed by atoms with Gasteiger partial charge in [-0.3, -0.25) is 0 Å². The molecule has 3 aromatic rings. The highest BCUT2D eigenvalue weighted by molar-refractivity contribution is 5.36. The largest absolute Gasteiger partial charge is 0.439 e. The van der Waals surface area contributed by atoms with Crippen LogP contribution >= 0.6 is 0 Å². The fourth-order valence-electron chi connectivity index (χ4n) is 2.22. The quantitative estimate of drug-likeness (QED) is 0.742. The average molecular weight is 305 g/mol. The summed E-state index contributed by atoms with van der Waals surface area (Å²) < 4.78 is 7.45. The molecule has 0 saturated carbocycles. The maximum atomic E-state index is 8.82. The number of nitrogens with zero attached hydrogens (tertiary/aromatic N) is 5. The molecule has 2 aromatic heterocycles. The van der Waals surface area contributed by atoms with Crippen LogP contribution in [0.15, 0.2) is 36.4 Å². The predicted molar refractivity (Wildman–Crippen MR) is 84.6 cm³/mol. The first-order chi connectivity index (χ1) is 11.0. The summed E-state index contributed by atoms with van der Waals surface area (Å²) in [5.41, 5.74) is 3.23. The lowest BCUT2D eigenvalue weighted by Crippen LogP contribution is -2.06. The van der Waals surface area contributed by atoms with Gasteiger partial charge in [-0.25, -0.2) is 9.67 Å². The van der Waals surface area contributed by atoms with Crippen molar-refractivity contribution in [3.63, 3.8) is 0 Å². The molecule has 0 N–H and O–H groups in total. The summed E-state index contributed by atoms with van der Waals surface area (Å²) in [5.74, 6) is 1.52. The second-order valence-electron chi connectivity index (χ2n) is 5.22. The molecule has 6 heteroatoms. The summed E-state index contributed by atoms with van der Waals surface area (Å²) in [6.07, 6.45) is 0. The van der Waals surface area contributed by atoms with Crippen molar-refractivity contribution in [3.05, 3.63) is 59.0 Å². The first kappa shape index (κ1) is 14.7. The first-order valence-corrected chi connectivity index (χ1v) is 7.12. The van der Waals surface area contributed by atoms with Gasteiger partial charge in [-0.1, -0.05) is 0 Å². The molecule has 0 atom stereocenters. The molecule has 1 aromatic carbocycles. The van der Waals surface area contributed by atoms with E-state index in [0.29, 0.717) is 23.1 Å². The van der Waals surface area contributed by atoms with Crippen molar-refractivity contribution in [2.45, 2.75) is 20.8 Å². The van der Waals surface area contributed by atoms with Crippen molar-refractivity contribution in [2.75, 3.05) is 0 Å². The third-order valence-electron chi connectivity index (χ3n) is 3.22. The average Bonchev–Trinajstić information content (AvgIpc) is 2.86. The fourth-order valence-corrected chi connectivity index (χ4v) is 2.22. The molecule has 0 radical (unpaired) electrons. The zero-order valence-electron chi connectivity index (χ0n) is 13.1. The Hall–Kier alpha value is -3.20. The van der Waals surface area contributed by atoms with E-state index in [1.54, 1.807) is 35.0 Å². The molecule has 3 rings (SSSR count). The lowest BCUT2D eigenvalue weighted by Gasteiger charge is -2.08. The van der Waals surface area contributed by atoms with E-state index < -0.39 is 0 Å². The molecule has 6 nitrogen and oxygen atoms in total. The summed E-state index contributed by atoms with van der Waals surface area (Å²) >= 11 is 0. The van der Waals surface area contributed by atoms with Crippen LogP contribution in [0.4, 0.5) is 0 Å². The Morgan fingerprint density at radius 2 is 1.74 bits per heavy atom. The van der Waals surface area contributed by atoms with Crippen LogP contribution in [0.2, 0.25) is 0 Å². The smallest absolute Gasteiger partial charge is 0.254 e. The molecule has 0 fully saturated rings. The normalized spacial score (nSPS) is 10.3. The van der Waals surface area contributed by atoms with Crippen molar-refractivity contribution in [1.29, 1.82) is 5.26 Å². The summed E-state index contributed by atoms with van der Waals surface area (Å²) in [6, 6.07) is 12.7. The van der Waals surface area contributed by atoms with Gasteiger partial charge in [0.1, 0.15) is 5.75 Å². The van der Waals surface area contributed by atoms with Crippen molar-refractivity contribution < 1.29 is 4.74 Å². The number of aryl methyl sites for hydroxylation is 3. The highest BCUT2D eigenvalue weighted by atomic mass is 16.5. The minimum atomic E-state index is 0.435. The molecule has 23 heavy (non-hydrogen) atoms. The number of hydrogen-bond acceptors (Lipinski definition) is 5. The molecule has 0 spiro atoms. The van der Waals surface area contributed by atoms with Gasteiger partial charge in [-0.05, 0) is 51.1 Å². The van der Waals surface area contributed by atoms with Gasteiger partial charge in [0.15, 0.2) is 0 Å². The Bertz CT molecular complexity index is 890. The zero-order chi connectivity index (χ0) is 16.4. The van der Waals surface area contributed by atoms with E-state index in [1.807, 2.05) is 26.8 Å². The lowest BCUT2D eigenvalue weighted by atomic mass is 10.2. The monoisotopic (exact) mass is 305 g/mol. The van der Waals surface area contributed by atoms with Crippen molar-refractivity contribution >= 4 is 0 Å². The molecular weight excluding hydrogens is 290 g/mol. The van der Waals surface area contributed by atoms with E-state index in [9.17, 15) is 0 Å². The maximum Gasteiger partial charge on any atom is 0.254 e. The molecule has 0 unspecified atom stereocenters. The van der Waals surface area contributed by atoms with Crippen LogP contribution in [-0.4, -0.2) is 19.7 Å².